The molecule has 2 heterocycles. The fourth-order valence-corrected chi connectivity index (χ4v) is 2.00. The Kier molecular flexibility index (Phi) is 2.38. The molecule has 0 bridgehead atoms. The van der Waals surface area contributed by atoms with Gasteiger partial charge in [0, 0.05) is 0 Å². The van der Waals surface area contributed by atoms with Gasteiger partial charge in [0.2, 0.25) is 0 Å². The molecule has 3 aromatic rings. The van der Waals surface area contributed by atoms with E-state index in [0.29, 0.717) is 6.07 Å². The minimum atomic E-state index is -4.83. The van der Waals surface area contributed by atoms with Gasteiger partial charge in [-0.15, -0.1) is 5.10 Å². The molecule has 0 aliphatic heterocycles. The van der Waals surface area contributed by atoms with Gasteiger partial charge in [0.15, 0.2) is 5.65 Å². The summed E-state index contributed by atoms with van der Waals surface area (Å²) < 4.78 is 53.0. The van der Waals surface area contributed by atoms with Crippen LogP contribution in [0.3, 0.4) is 0 Å². The maximum absolute atomic E-state index is 14.1. The summed E-state index contributed by atoms with van der Waals surface area (Å²) in [6, 6.07) is 1.57. The van der Waals surface area contributed by atoms with Crippen LogP contribution in [0.15, 0.2) is 16.9 Å². The van der Waals surface area contributed by atoms with Crippen molar-refractivity contribution in [3.05, 3.63) is 39.8 Å². The summed E-state index contributed by atoms with van der Waals surface area (Å²) in [5.74, 6) is -1.33. The van der Waals surface area contributed by atoms with Crippen LogP contribution in [0.5, 0.6) is 0 Å². The second-order valence-corrected chi connectivity index (χ2v) is 4.17. The number of alkyl halides is 3. The lowest BCUT2D eigenvalue weighted by molar-refractivity contribution is -0.139. The van der Waals surface area contributed by atoms with Crippen molar-refractivity contribution in [2.45, 2.75) is 13.1 Å². The third kappa shape index (κ3) is 1.66. The SMILES string of the molecule is Cc1nc2c3c(F)c(C(F)(F)F)ccc3[nH]c(=O)n2n1. The van der Waals surface area contributed by atoms with Gasteiger partial charge in [-0.05, 0) is 19.1 Å². The molecule has 20 heavy (non-hydrogen) atoms. The highest BCUT2D eigenvalue weighted by Gasteiger charge is 2.35. The van der Waals surface area contributed by atoms with E-state index in [1.807, 2.05) is 0 Å². The van der Waals surface area contributed by atoms with E-state index in [-0.39, 0.29) is 17.0 Å². The summed E-state index contributed by atoms with van der Waals surface area (Å²) in [5, 5.41) is 3.29. The van der Waals surface area contributed by atoms with Crippen LogP contribution in [0, 0.1) is 12.7 Å². The first-order chi connectivity index (χ1) is 9.29. The second kappa shape index (κ2) is 3.78. The van der Waals surface area contributed by atoms with E-state index in [1.54, 1.807) is 0 Å². The molecule has 1 aromatic carbocycles. The zero-order valence-corrected chi connectivity index (χ0v) is 9.92. The van der Waals surface area contributed by atoms with Gasteiger partial charge < -0.3 is 4.98 Å². The van der Waals surface area contributed by atoms with E-state index in [9.17, 15) is 22.4 Å². The molecule has 0 aliphatic carbocycles. The van der Waals surface area contributed by atoms with Crippen molar-refractivity contribution in [3.8, 4) is 0 Å². The van der Waals surface area contributed by atoms with Crippen molar-refractivity contribution in [3.63, 3.8) is 0 Å². The van der Waals surface area contributed by atoms with Gasteiger partial charge in [0.05, 0.1) is 16.5 Å². The van der Waals surface area contributed by atoms with Crippen molar-refractivity contribution < 1.29 is 17.6 Å². The fourth-order valence-electron chi connectivity index (χ4n) is 2.00. The molecular weight excluding hydrogens is 280 g/mol. The van der Waals surface area contributed by atoms with Crippen LogP contribution < -0.4 is 5.69 Å². The number of H-pyrrole nitrogens is 1. The minimum absolute atomic E-state index is 0.0691. The summed E-state index contributed by atoms with van der Waals surface area (Å²) in [5.41, 5.74) is -2.43. The quantitative estimate of drug-likeness (QED) is 0.643. The van der Waals surface area contributed by atoms with Crippen molar-refractivity contribution in [2.75, 3.05) is 0 Å². The maximum atomic E-state index is 14.1. The van der Waals surface area contributed by atoms with Crippen LogP contribution in [-0.4, -0.2) is 19.6 Å². The molecule has 0 saturated carbocycles. The third-order valence-electron chi connectivity index (χ3n) is 2.82. The maximum Gasteiger partial charge on any atom is 0.419 e. The predicted octanol–water partition coefficient (Wildman–Crippen LogP) is 2.04. The fraction of sp³-hybridized carbons (Fsp3) is 0.182. The Labute approximate surface area is 107 Å². The Hall–Kier alpha value is -2.45. The summed E-state index contributed by atoms with van der Waals surface area (Å²) >= 11 is 0. The number of aryl methyl sites for hydroxylation is 1. The van der Waals surface area contributed by atoms with Crippen LogP contribution in [-0.2, 0) is 6.18 Å². The molecule has 0 aliphatic rings. The van der Waals surface area contributed by atoms with E-state index in [2.05, 4.69) is 15.1 Å². The molecule has 0 spiro atoms. The Balaban J connectivity index is 2.56. The highest BCUT2D eigenvalue weighted by molar-refractivity contribution is 5.92. The Morgan fingerprint density at radius 1 is 1.30 bits per heavy atom. The first-order valence-electron chi connectivity index (χ1n) is 5.44. The zero-order chi connectivity index (χ0) is 14.7. The van der Waals surface area contributed by atoms with Crippen molar-refractivity contribution >= 4 is 16.6 Å². The van der Waals surface area contributed by atoms with Gasteiger partial charge in [-0.2, -0.15) is 17.7 Å². The lowest BCUT2D eigenvalue weighted by Crippen LogP contribution is -2.18. The van der Waals surface area contributed by atoms with Crippen molar-refractivity contribution in [1.29, 1.82) is 0 Å². The molecule has 5 nitrogen and oxygen atoms in total. The summed E-state index contributed by atoms with van der Waals surface area (Å²) in [4.78, 5) is 17.7. The van der Waals surface area contributed by atoms with Gasteiger partial charge in [0.1, 0.15) is 11.6 Å². The van der Waals surface area contributed by atoms with Gasteiger partial charge in [-0.1, -0.05) is 0 Å². The standard InChI is InChI=1S/C11H6F4N4O/c1-4-16-9-7-6(17-10(20)19(9)18-4)3-2-5(8(7)12)11(13,14)15/h2-3H,1H3,(H,17,20). The van der Waals surface area contributed by atoms with Crippen LogP contribution in [0.2, 0.25) is 0 Å². The summed E-state index contributed by atoms with van der Waals surface area (Å²) in [6.45, 7) is 1.45. The van der Waals surface area contributed by atoms with Gasteiger partial charge >= 0.3 is 11.9 Å². The number of aromatic nitrogens is 4. The molecule has 1 N–H and O–H groups in total. The summed E-state index contributed by atoms with van der Waals surface area (Å²) in [6.07, 6.45) is -4.83. The van der Waals surface area contributed by atoms with Gasteiger partial charge in [-0.25, -0.2) is 14.2 Å². The average molecular weight is 286 g/mol. The highest BCUT2D eigenvalue weighted by atomic mass is 19.4. The van der Waals surface area contributed by atoms with Crippen molar-refractivity contribution in [2.24, 2.45) is 0 Å². The summed E-state index contributed by atoms with van der Waals surface area (Å²) in [7, 11) is 0. The molecule has 2 aromatic heterocycles. The Bertz CT molecular complexity index is 893. The largest absolute Gasteiger partial charge is 0.419 e. The molecule has 0 unspecified atom stereocenters. The first-order valence-corrected chi connectivity index (χ1v) is 5.44. The molecule has 0 fully saturated rings. The number of hydrogen-bond acceptors (Lipinski definition) is 3. The highest BCUT2D eigenvalue weighted by Crippen LogP contribution is 2.34. The first kappa shape index (κ1) is 12.6. The second-order valence-electron chi connectivity index (χ2n) is 4.17. The number of benzene rings is 1. The number of nitrogens with zero attached hydrogens (tertiary/aromatic N) is 3. The molecular formula is C11H6F4N4O. The van der Waals surface area contributed by atoms with E-state index >= 15 is 0 Å². The van der Waals surface area contributed by atoms with E-state index < -0.39 is 28.6 Å². The lowest BCUT2D eigenvalue weighted by atomic mass is 10.1. The number of hydrogen-bond donors (Lipinski definition) is 1. The van der Waals surface area contributed by atoms with E-state index in [4.69, 9.17) is 0 Å². The monoisotopic (exact) mass is 286 g/mol. The van der Waals surface area contributed by atoms with Crippen LogP contribution >= 0.6 is 0 Å². The number of nitrogens with one attached hydrogen (secondary N) is 1. The minimum Gasteiger partial charge on any atom is -0.305 e. The molecule has 3 rings (SSSR count). The van der Waals surface area contributed by atoms with Crippen LogP contribution in [0.4, 0.5) is 17.6 Å². The van der Waals surface area contributed by atoms with Crippen LogP contribution in [0.1, 0.15) is 11.4 Å². The predicted molar refractivity (Wildman–Crippen MR) is 60.8 cm³/mol. The van der Waals surface area contributed by atoms with Gasteiger partial charge in [-0.3, -0.25) is 0 Å². The van der Waals surface area contributed by atoms with Crippen LogP contribution in [0.25, 0.3) is 16.6 Å². The zero-order valence-electron chi connectivity index (χ0n) is 9.92. The third-order valence-corrected chi connectivity index (χ3v) is 2.82. The molecule has 0 radical (unpaired) electrons. The number of rotatable bonds is 0. The average Bonchev–Trinajstić information content (AvgIpc) is 2.69. The lowest BCUT2D eigenvalue weighted by Gasteiger charge is -2.09. The van der Waals surface area contributed by atoms with E-state index in [0.717, 1.165) is 10.6 Å². The normalized spacial score (nSPS) is 12.4. The molecule has 0 amide bonds. The topological polar surface area (TPSA) is 63.0 Å². The molecule has 104 valence electrons. The Morgan fingerprint density at radius 3 is 2.65 bits per heavy atom. The van der Waals surface area contributed by atoms with Gasteiger partial charge in [0.25, 0.3) is 0 Å². The smallest absolute Gasteiger partial charge is 0.305 e. The number of halogens is 4. The molecule has 0 saturated heterocycles. The van der Waals surface area contributed by atoms with E-state index in [1.165, 1.54) is 6.92 Å². The Morgan fingerprint density at radius 2 is 2.00 bits per heavy atom. The molecule has 9 heteroatoms. The van der Waals surface area contributed by atoms with Crippen molar-refractivity contribution in [1.82, 2.24) is 19.6 Å². The molecule has 0 atom stereocenters. The number of aromatic amines is 1. The number of fused-ring (bicyclic) bond motifs is 3.